The molecule has 106 valence electrons. The van der Waals surface area contributed by atoms with E-state index in [4.69, 9.17) is 0 Å². The summed E-state index contributed by atoms with van der Waals surface area (Å²) in [6, 6.07) is 5.54. The number of rotatable bonds is 4. The Balaban J connectivity index is 2.97. The van der Waals surface area contributed by atoms with Crippen molar-refractivity contribution in [3.05, 3.63) is 29.8 Å². The Morgan fingerprint density at radius 3 is 2.53 bits per heavy atom. The molecule has 0 fully saturated rings. The second-order valence-electron chi connectivity index (χ2n) is 4.08. The Morgan fingerprint density at radius 2 is 2.00 bits per heavy atom. The van der Waals surface area contributed by atoms with Gasteiger partial charge >= 0.3 is 5.51 Å². The van der Waals surface area contributed by atoms with Crippen LogP contribution in [0.1, 0.15) is 17.3 Å². The fourth-order valence-corrected chi connectivity index (χ4v) is 2.20. The maximum atomic E-state index is 12.4. The molecule has 1 amide bonds. The number of carbonyl (C=O) groups excluding carboxylic acids is 1. The van der Waals surface area contributed by atoms with Gasteiger partial charge in [-0.1, -0.05) is 12.1 Å². The van der Waals surface area contributed by atoms with Gasteiger partial charge in [0.2, 0.25) is 0 Å². The van der Waals surface area contributed by atoms with Crippen molar-refractivity contribution >= 4 is 17.7 Å². The number of nitrogens with zero attached hydrogens (tertiary/aromatic N) is 1. The van der Waals surface area contributed by atoms with Crippen LogP contribution < -0.4 is 0 Å². The van der Waals surface area contributed by atoms with Crippen LogP contribution in [-0.2, 0) is 0 Å². The van der Waals surface area contributed by atoms with Gasteiger partial charge in [-0.2, -0.15) is 13.2 Å². The highest BCUT2D eigenvalue weighted by Gasteiger charge is 2.31. The molecule has 0 heterocycles. The SMILES string of the molecule is CC(O)CN(C)C(=O)c1ccccc1SC(F)(F)F. The molecule has 0 radical (unpaired) electrons. The largest absolute Gasteiger partial charge is 0.446 e. The normalized spacial score (nSPS) is 13.2. The summed E-state index contributed by atoms with van der Waals surface area (Å²) in [5.41, 5.74) is -4.47. The maximum Gasteiger partial charge on any atom is 0.446 e. The molecule has 19 heavy (non-hydrogen) atoms. The van der Waals surface area contributed by atoms with Crippen molar-refractivity contribution in [3.63, 3.8) is 0 Å². The summed E-state index contributed by atoms with van der Waals surface area (Å²) in [6.07, 6.45) is -0.739. The standard InChI is InChI=1S/C12H14F3NO2S/c1-8(17)7-16(2)11(18)9-5-3-4-6-10(9)19-12(13,14)15/h3-6,8,17H,7H2,1-2H3. The van der Waals surface area contributed by atoms with E-state index in [1.54, 1.807) is 0 Å². The first-order valence-corrected chi connectivity index (χ1v) is 6.30. The lowest BCUT2D eigenvalue weighted by Gasteiger charge is -2.20. The van der Waals surface area contributed by atoms with E-state index in [1.165, 1.54) is 43.1 Å². The van der Waals surface area contributed by atoms with E-state index in [0.717, 1.165) is 0 Å². The molecular weight excluding hydrogens is 279 g/mol. The van der Waals surface area contributed by atoms with Gasteiger partial charge in [-0.3, -0.25) is 4.79 Å². The zero-order valence-corrected chi connectivity index (χ0v) is 11.3. The number of thioether (sulfide) groups is 1. The Kier molecular flexibility index (Phi) is 5.25. The predicted molar refractivity (Wildman–Crippen MR) is 67.0 cm³/mol. The second-order valence-corrected chi connectivity index (χ2v) is 5.19. The summed E-state index contributed by atoms with van der Waals surface area (Å²) in [6.45, 7) is 1.56. The van der Waals surface area contributed by atoms with Gasteiger partial charge in [0.1, 0.15) is 0 Å². The first-order chi connectivity index (χ1) is 8.70. The first kappa shape index (κ1) is 15.8. The summed E-state index contributed by atoms with van der Waals surface area (Å²) < 4.78 is 37.2. The third kappa shape index (κ3) is 5.12. The van der Waals surface area contributed by atoms with Crippen LogP contribution in [0.4, 0.5) is 13.2 Å². The minimum absolute atomic E-state index is 0.0204. The van der Waals surface area contributed by atoms with E-state index in [9.17, 15) is 23.1 Å². The van der Waals surface area contributed by atoms with E-state index in [1.807, 2.05) is 0 Å². The number of aliphatic hydroxyl groups excluding tert-OH is 1. The maximum absolute atomic E-state index is 12.4. The molecule has 1 unspecified atom stereocenters. The van der Waals surface area contributed by atoms with Crippen molar-refractivity contribution in [2.75, 3.05) is 13.6 Å². The number of alkyl halides is 3. The summed E-state index contributed by atoms with van der Waals surface area (Å²) in [5.74, 6) is -0.548. The highest BCUT2D eigenvalue weighted by atomic mass is 32.2. The minimum atomic E-state index is -4.45. The quantitative estimate of drug-likeness (QED) is 0.868. The van der Waals surface area contributed by atoms with Crippen molar-refractivity contribution in [1.29, 1.82) is 0 Å². The van der Waals surface area contributed by atoms with Gasteiger partial charge < -0.3 is 10.0 Å². The lowest BCUT2D eigenvalue weighted by molar-refractivity contribution is -0.0328. The molecule has 0 aliphatic heterocycles. The van der Waals surface area contributed by atoms with E-state index < -0.39 is 17.5 Å². The van der Waals surface area contributed by atoms with Gasteiger partial charge in [0.15, 0.2) is 0 Å². The molecule has 0 bridgehead atoms. The number of hydrogen-bond acceptors (Lipinski definition) is 3. The number of hydrogen-bond donors (Lipinski definition) is 1. The summed E-state index contributed by atoms with van der Waals surface area (Å²) >= 11 is -0.318. The van der Waals surface area contributed by atoms with E-state index in [0.29, 0.717) is 0 Å². The van der Waals surface area contributed by atoms with Gasteiger partial charge in [-0.25, -0.2) is 0 Å². The summed E-state index contributed by atoms with van der Waals surface area (Å²) in [5, 5.41) is 9.20. The molecule has 1 aromatic carbocycles. The summed E-state index contributed by atoms with van der Waals surface area (Å²) in [7, 11) is 1.43. The molecule has 1 N–H and O–H groups in total. The number of aliphatic hydroxyl groups is 1. The van der Waals surface area contributed by atoms with Crippen molar-refractivity contribution in [1.82, 2.24) is 4.90 Å². The molecule has 0 saturated carbocycles. The zero-order valence-electron chi connectivity index (χ0n) is 10.4. The minimum Gasteiger partial charge on any atom is -0.392 e. The van der Waals surface area contributed by atoms with Crippen LogP contribution in [-0.4, -0.2) is 41.1 Å². The number of benzene rings is 1. The lowest BCUT2D eigenvalue weighted by atomic mass is 10.2. The van der Waals surface area contributed by atoms with E-state index in [2.05, 4.69) is 0 Å². The Labute approximate surface area is 113 Å². The van der Waals surface area contributed by atoms with Gasteiger partial charge in [0.25, 0.3) is 5.91 Å². The Hall–Kier alpha value is -1.21. The zero-order chi connectivity index (χ0) is 14.6. The highest BCUT2D eigenvalue weighted by Crippen LogP contribution is 2.38. The van der Waals surface area contributed by atoms with Crippen LogP contribution in [0.3, 0.4) is 0 Å². The Bertz CT molecular complexity index is 449. The number of amides is 1. The smallest absolute Gasteiger partial charge is 0.392 e. The highest BCUT2D eigenvalue weighted by molar-refractivity contribution is 8.00. The van der Waals surface area contributed by atoms with Crippen LogP contribution in [0.2, 0.25) is 0 Å². The van der Waals surface area contributed by atoms with E-state index in [-0.39, 0.29) is 28.8 Å². The number of likely N-dealkylation sites (N-methyl/N-ethyl adjacent to an activating group) is 1. The fraction of sp³-hybridized carbons (Fsp3) is 0.417. The van der Waals surface area contributed by atoms with Crippen molar-refractivity contribution in [2.24, 2.45) is 0 Å². The van der Waals surface area contributed by atoms with Gasteiger partial charge in [0, 0.05) is 18.5 Å². The molecule has 1 rings (SSSR count). The summed E-state index contributed by atoms with van der Waals surface area (Å²) in [4.78, 5) is 13.1. The lowest BCUT2D eigenvalue weighted by Crippen LogP contribution is -2.33. The van der Waals surface area contributed by atoms with Crippen LogP contribution in [0.15, 0.2) is 29.2 Å². The van der Waals surface area contributed by atoms with Gasteiger partial charge in [-0.05, 0) is 30.8 Å². The average Bonchev–Trinajstić information content (AvgIpc) is 2.25. The van der Waals surface area contributed by atoms with Gasteiger partial charge in [-0.15, -0.1) is 0 Å². The second kappa shape index (κ2) is 6.29. The first-order valence-electron chi connectivity index (χ1n) is 5.49. The monoisotopic (exact) mass is 293 g/mol. The molecule has 1 atom stereocenters. The third-order valence-electron chi connectivity index (χ3n) is 2.23. The van der Waals surface area contributed by atoms with Crippen LogP contribution >= 0.6 is 11.8 Å². The molecule has 0 aromatic heterocycles. The molecule has 3 nitrogen and oxygen atoms in total. The van der Waals surface area contributed by atoms with Crippen LogP contribution in [0, 0.1) is 0 Å². The molecular formula is C12H14F3NO2S. The Morgan fingerprint density at radius 1 is 1.42 bits per heavy atom. The molecule has 0 aliphatic rings. The molecule has 1 aromatic rings. The van der Waals surface area contributed by atoms with Crippen molar-refractivity contribution < 1.29 is 23.1 Å². The number of halogens is 3. The predicted octanol–water partition coefficient (Wildman–Crippen LogP) is 2.75. The van der Waals surface area contributed by atoms with Crippen LogP contribution in [0.25, 0.3) is 0 Å². The third-order valence-corrected chi connectivity index (χ3v) is 3.04. The van der Waals surface area contributed by atoms with Crippen molar-refractivity contribution in [2.45, 2.75) is 23.4 Å². The molecule has 0 spiro atoms. The molecule has 0 saturated heterocycles. The van der Waals surface area contributed by atoms with Crippen LogP contribution in [0.5, 0.6) is 0 Å². The van der Waals surface area contributed by atoms with Crippen molar-refractivity contribution in [3.8, 4) is 0 Å². The van der Waals surface area contributed by atoms with Gasteiger partial charge in [0.05, 0.1) is 11.7 Å². The number of carbonyl (C=O) groups is 1. The molecule has 7 heteroatoms. The average molecular weight is 293 g/mol. The van der Waals surface area contributed by atoms with E-state index >= 15 is 0 Å². The fourth-order valence-electron chi connectivity index (χ4n) is 1.54. The topological polar surface area (TPSA) is 40.5 Å². The molecule has 0 aliphatic carbocycles.